The third-order valence-corrected chi connectivity index (χ3v) is 8.07. The van der Waals surface area contributed by atoms with Gasteiger partial charge in [-0.15, -0.1) is 0 Å². The first-order chi connectivity index (χ1) is 26.1. The van der Waals surface area contributed by atoms with E-state index >= 15 is 0 Å². The highest BCUT2D eigenvalue weighted by atomic mass is 16.6. The maximum absolute atomic E-state index is 12.8. The molecule has 0 saturated carbocycles. The van der Waals surface area contributed by atoms with Crippen molar-refractivity contribution < 1.29 is 57.2 Å². The predicted molar refractivity (Wildman–Crippen MR) is 195 cm³/mol. The fraction of sp³-hybridized carbons (Fsp3) is 0.286. The van der Waals surface area contributed by atoms with Crippen LogP contribution in [0.15, 0.2) is 109 Å². The van der Waals surface area contributed by atoms with E-state index in [1.807, 2.05) is 12.1 Å². The first-order valence-corrected chi connectivity index (χ1v) is 17.3. The molecular weight excluding hydrogens is 696 g/mol. The van der Waals surface area contributed by atoms with Crippen LogP contribution in [0.3, 0.4) is 0 Å². The van der Waals surface area contributed by atoms with Gasteiger partial charge in [0.25, 0.3) is 0 Å². The van der Waals surface area contributed by atoms with E-state index in [-0.39, 0.29) is 51.2 Å². The number of benzene rings is 4. The van der Waals surface area contributed by atoms with Crippen LogP contribution >= 0.6 is 0 Å². The van der Waals surface area contributed by atoms with Crippen molar-refractivity contribution in [2.75, 3.05) is 52.9 Å². The fourth-order valence-electron chi connectivity index (χ4n) is 5.04. The number of hydrogen-bond acceptors (Lipinski definition) is 12. The number of rotatable bonds is 21. The third kappa shape index (κ3) is 12.9. The van der Waals surface area contributed by atoms with Gasteiger partial charge < -0.3 is 28.4 Å². The summed E-state index contributed by atoms with van der Waals surface area (Å²) in [6, 6.07) is 31.3. The Hall–Kier alpha value is -5.98. The molecule has 0 N–H and O–H groups in total. The van der Waals surface area contributed by atoms with Crippen molar-refractivity contribution in [2.45, 2.75) is 25.7 Å². The van der Waals surface area contributed by atoms with Crippen molar-refractivity contribution in [3.8, 4) is 0 Å². The van der Waals surface area contributed by atoms with E-state index in [9.17, 15) is 28.8 Å². The highest BCUT2D eigenvalue weighted by Crippen LogP contribution is 2.21. The zero-order valence-electron chi connectivity index (χ0n) is 30.1. The van der Waals surface area contributed by atoms with E-state index in [4.69, 9.17) is 28.4 Å². The Bertz CT molecular complexity index is 1740. The third-order valence-electron chi connectivity index (χ3n) is 8.07. The van der Waals surface area contributed by atoms with Gasteiger partial charge in [0.2, 0.25) is 0 Å². The average Bonchev–Trinajstić information content (AvgIpc) is 3.21. The fourth-order valence-corrected chi connectivity index (χ4v) is 5.04. The van der Waals surface area contributed by atoms with Crippen LogP contribution in [0.5, 0.6) is 0 Å². The molecule has 0 bridgehead atoms. The molecule has 12 heteroatoms. The summed E-state index contributed by atoms with van der Waals surface area (Å²) in [6.07, 6.45) is 0. The Morgan fingerprint density at radius 3 is 1.17 bits per heavy atom. The molecule has 0 amide bonds. The molecule has 0 spiro atoms. The second-order valence-electron chi connectivity index (χ2n) is 12.0. The number of esters is 4. The lowest BCUT2D eigenvalue weighted by molar-refractivity contribution is -0.159. The Balaban J connectivity index is 1.01. The zero-order valence-corrected chi connectivity index (χ0v) is 30.1. The minimum Gasteiger partial charge on any atom is -0.463 e. The molecule has 12 nitrogen and oxygen atoms in total. The van der Waals surface area contributed by atoms with Crippen LogP contribution < -0.4 is 0 Å². The number of carbonyl (C=O) groups is 6. The first-order valence-electron chi connectivity index (χ1n) is 17.3. The lowest BCUT2D eigenvalue weighted by Crippen LogP contribution is -2.22. The molecule has 0 fully saturated rings. The molecule has 4 rings (SSSR count). The predicted octanol–water partition coefficient (Wildman–Crippen LogP) is 5.26. The maximum atomic E-state index is 12.8. The summed E-state index contributed by atoms with van der Waals surface area (Å²) in [4.78, 5) is 74.4. The first kappa shape index (κ1) is 40.8. The van der Waals surface area contributed by atoms with E-state index in [0.29, 0.717) is 33.4 Å². The van der Waals surface area contributed by atoms with Crippen LogP contribution in [-0.2, 0) is 47.6 Å². The summed E-state index contributed by atoms with van der Waals surface area (Å²) in [5.41, 5.74) is 3.27. The molecule has 4 aromatic rings. The van der Waals surface area contributed by atoms with Crippen molar-refractivity contribution in [2.24, 2.45) is 0 Å². The lowest BCUT2D eigenvalue weighted by Gasteiger charge is -2.13. The van der Waals surface area contributed by atoms with Gasteiger partial charge >= 0.3 is 23.9 Å². The van der Waals surface area contributed by atoms with Crippen molar-refractivity contribution in [1.29, 1.82) is 0 Å². The van der Waals surface area contributed by atoms with Gasteiger partial charge in [0.1, 0.15) is 39.6 Å². The molecule has 0 aliphatic rings. The van der Waals surface area contributed by atoms with E-state index < -0.39 is 48.9 Å². The van der Waals surface area contributed by atoms with Gasteiger partial charge in [-0.3, -0.25) is 19.2 Å². The molecule has 282 valence electrons. The van der Waals surface area contributed by atoms with Gasteiger partial charge in [0.05, 0.1) is 25.0 Å². The molecule has 0 radical (unpaired) electrons. The smallest absolute Gasteiger partial charge is 0.332 e. The molecule has 0 aliphatic heterocycles. The second-order valence-corrected chi connectivity index (χ2v) is 12.0. The number of hydrogen-bond donors (Lipinski definition) is 0. The molecule has 4 aromatic carbocycles. The standard InChI is InChI=1S/C42H42O12/c1-29(33-15-9-17-35(25-33)39(45)31-11-5-3-6-12-31)41(47)53-21-19-49-27-37(43)51-23-24-52-38(44)28-50-20-22-54-42(48)30(2)34-16-10-18-36(26-34)40(46)32-13-7-4-8-14-32/h3-18,25-26,29-30H,19-24,27-28H2,1-2H3. The summed E-state index contributed by atoms with van der Waals surface area (Å²) in [5.74, 6) is -3.99. The molecule has 54 heavy (non-hydrogen) atoms. The summed E-state index contributed by atoms with van der Waals surface area (Å²) in [5, 5.41) is 0. The summed E-state index contributed by atoms with van der Waals surface area (Å²) in [6.45, 7) is 1.83. The molecule has 2 unspecified atom stereocenters. The minimum atomic E-state index is -0.701. The Morgan fingerprint density at radius 2 is 0.778 bits per heavy atom. The highest BCUT2D eigenvalue weighted by molar-refractivity contribution is 6.09. The van der Waals surface area contributed by atoms with Crippen molar-refractivity contribution >= 4 is 35.4 Å². The topological polar surface area (TPSA) is 158 Å². The van der Waals surface area contributed by atoms with Crippen LogP contribution in [0.1, 0.15) is 68.7 Å². The van der Waals surface area contributed by atoms with E-state index in [0.717, 1.165) is 0 Å². The molecular formula is C42H42O12. The van der Waals surface area contributed by atoms with E-state index in [2.05, 4.69) is 0 Å². The van der Waals surface area contributed by atoms with Gasteiger partial charge in [-0.2, -0.15) is 0 Å². The van der Waals surface area contributed by atoms with Crippen LogP contribution in [0.2, 0.25) is 0 Å². The normalized spacial score (nSPS) is 11.8. The molecule has 0 saturated heterocycles. The summed E-state index contributed by atoms with van der Waals surface area (Å²) in [7, 11) is 0. The minimum absolute atomic E-state index is 0.0520. The Kier molecular flexibility index (Phi) is 16.3. The van der Waals surface area contributed by atoms with Crippen LogP contribution in [0.4, 0.5) is 0 Å². The number of ketones is 2. The quantitative estimate of drug-likeness (QED) is 0.0473. The largest absolute Gasteiger partial charge is 0.463 e. The van der Waals surface area contributed by atoms with Crippen molar-refractivity contribution in [3.63, 3.8) is 0 Å². The molecule has 2 atom stereocenters. The SMILES string of the molecule is CC(C(=O)OCCOCC(=O)OCCOC(=O)COCCOC(=O)C(C)c1cccc(C(=O)c2ccccc2)c1)c1cccc(C(=O)c2ccccc2)c1. The van der Waals surface area contributed by atoms with Gasteiger partial charge in [-0.05, 0) is 37.1 Å². The van der Waals surface area contributed by atoms with Crippen LogP contribution in [0, 0.1) is 0 Å². The number of carbonyl (C=O) groups excluding carboxylic acids is 6. The van der Waals surface area contributed by atoms with Crippen LogP contribution in [-0.4, -0.2) is 88.3 Å². The number of ether oxygens (including phenoxy) is 6. The average molecular weight is 739 g/mol. The molecule has 0 heterocycles. The maximum Gasteiger partial charge on any atom is 0.332 e. The van der Waals surface area contributed by atoms with Crippen molar-refractivity contribution in [3.05, 3.63) is 143 Å². The molecule has 0 aliphatic carbocycles. The second kappa shape index (κ2) is 21.5. The lowest BCUT2D eigenvalue weighted by atomic mass is 9.96. The summed E-state index contributed by atoms with van der Waals surface area (Å²) < 4.78 is 30.8. The molecule has 0 aromatic heterocycles. The van der Waals surface area contributed by atoms with Gasteiger partial charge in [0.15, 0.2) is 11.6 Å². The Morgan fingerprint density at radius 1 is 0.426 bits per heavy atom. The van der Waals surface area contributed by atoms with Crippen LogP contribution in [0.25, 0.3) is 0 Å². The summed E-state index contributed by atoms with van der Waals surface area (Å²) >= 11 is 0. The van der Waals surface area contributed by atoms with Gasteiger partial charge in [-0.25, -0.2) is 9.59 Å². The van der Waals surface area contributed by atoms with Gasteiger partial charge in [-0.1, -0.05) is 97.1 Å². The van der Waals surface area contributed by atoms with Crippen molar-refractivity contribution in [1.82, 2.24) is 0 Å². The van der Waals surface area contributed by atoms with E-state index in [1.54, 1.807) is 111 Å². The van der Waals surface area contributed by atoms with E-state index in [1.165, 1.54) is 0 Å². The monoisotopic (exact) mass is 738 g/mol. The highest BCUT2D eigenvalue weighted by Gasteiger charge is 2.20. The Labute approximate surface area is 313 Å². The zero-order chi connectivity index (χ0) is 38.7. The van der Waals surface area contributed by atoms with Gasteiger partial charge in [0, 0.05) is 22.3 Å².